The van der Waals surface area contributed by atoms with Gasteiger partial charge < -0.3 is 10.2 Å². The van der Waals surface area contributed by atoms with Crippen molar-refractivity contribution in [3.05, 3.63) is 18.3 Å². The third-order valence-corrected chi connectivity index (χ3v) is 4.38. The van der Waals surface area contributed by atoms with Gasteiger partial charge in [-0.2, -0.15) is 0 Å². The van der Waals surface area contributed by atoms with Crippen molar-refractivity contribution < 1.29 is 4.79 Å². The van der Waals surface area contributed by atoms with E-state index in [1.54, 1.807) is 0 Å². The summed E-state index contributed by atoms with van der Waals surface area (Å²) in [6, 6.07) is 4.65. The molecule has 3 rings (SSSR count). The number of hydrogen-bond acceptors (Lipinski definition) is 3. The maximum absolute atomic E-state index is 11.7. The molecule has 1 aliphatic carbocycles. The fourth-order valence-corrected chi connectivity index (χ4v) is 2.97. The van der Waals surface area contributed by atoms with E-state index in [0.717, 1.165) is 19.4 Å². The molecule has 4 nitrogen and oxygen atoms in total. The number of aromatic nitrogens is 1. The monoisotopic (exact) mass is 273 g/mol. The van der Waals surface area contributed by atoms with Crippen LogP contribution in [0.2, 0.25) is 0 Å². The third-order valence-electron chi connectivity index (χ3n) is 4.38. The smallest absolute Gasteiger partial charge is 0.228 e. The van der Waals surface area contributed by atoms with E-state index >= 15 is 0 Å². The van der Waals surface area contributed by atoms with Gasteiger partial charge in [-0.15, -0.1) is 0 Å². The molecule has 1 N–H and O–H groups in total. The van der Waals surface area contributed by atoms with Crippen LogP contribution in [0.15, 0.2) is 18.3 Å². The third kappa shape index (κ3) is 2.94. The molecule has 1 aromatic rings. The Balaban J connectivity index is 1.66. The van der Waals surface area contributed by atoms with Gasteiger partial charge in [0.1, 0.15) is 5.82 Å². The molecule has 4 heteroatoms. The Hall–Kier alpha value is -1.58. The zero-order chi connectivity index (χ0) is 13.9. The second kappa shape index (κ2) is 5.81. The molecule has 2 fully saturated rings. The van der Waals surface area contributed by atoms with Crippen LogP contribution in [0.3, 0.4) is 0 Å². The zero-order valence-electron chi connectivity index (χ0n) is 12.1. The van der Waals surface area contributed by atoms with Crippen LogP contribution >= 0.6 is 0 Å². The first-order chi connectivity index (χ1) is 9.78. The van der Waals surface area contributed by atoms with Gasteiger partial charge in [0.15, 0.2) is 0 Å². The summed E-state index contributed by atoms with van der Waals surface area (Å²) in [5.41, 5.74) is 1.18. The van der Waals surface area contributed by atoms with Gasteiger partial charge in [0, 0.05) is 18.5 Å². The normalized spacial score (nSPS) is 22.6. The van der Waals surface area contributed by atoms with Gasteiger partial charge in [-0.1, -0.05) is 6.92 Å². The van der Waals surface area contributed by atoms with E-state index in [2.05, 4.69) is 28.2 Å². The minimum atomic E-state index is 0.120. The molecule has 2 aliphatic rings. The number of anilines is 2. The van der Waals surface area contributed by atoms with Crippen LogP contribution in [0.25, 0.3) is 0 Å². The summed E-state index contributed by atoms with van der Waals surface area (Å²) in [5.74, 6) is 1.02. The summed E-state index contributed by atoms with van der Waals surface area (Å²) in [4.78, 5) is 18.6. The van der Waals surface area contributed by atoms with E-state index in [1.807, 2.05) is 12.3 Å². The predicted octanol–water partition coefficient (Wildman–Crippen LogP) is 3.20. The van der Waals surface area contributed by atoms with Crippen LogP contribution in [-0.4, -0.2) is 23.5 Å². The van der Waals surface area contributed by atoms with Crippen LogP contribution in [-0.2, 0) is 4.79 Å². The lowest BCUT2D eigenvalue weighted by molar-refractivity contribution is -0.117. The molecule has 1 atom stereocenters. The van der Waals surface area contributed by atoms with Gasteiger partial charge in [0.2, 0.25) is 5.91 Å². The van der Waals surface area contributed by atoms with Crippen molar-refractivity contribution in [3.63, 3.8) is 0 Å². The van der Waals surface area contributed by atoms with Crippen LogP contribution in [0.4, 0.5) is 11.5 Å². The van der Waals surface area contributed by atoms with Crippen molar-refractivity contribution in [1.82, 2.24) is 4.98 Å². The molecular weight excluding hydrogens is 250 g/mol. The average Bonchev–Trinajstić information content (AvgIpc) is 3.33. The summed E-state index contributed by atoms with van der Waals surface area (Å²) < 4.78 is 0. The number of rotatable bonds is 4. The van der Waals surface area contributed by atoms with E-state index in [9.17, 15) is 4.79 Å². The molecule has 0 bridgehead atoms. The van der Waals surface area contributed by atoms with Crippen molar-refractivity contribution in [2.45, 2.75) is 51.5 Å². The molecular formula is C16H23N3O. The van der Waals surface area contributed by atoms with Crippen LogP contribution in [0, 0.1) is 5.92 Å². The van der Waals surface area contributed by atoms with Crippen LogP contribution < -0.4 is 10.2 Å². The minimum Gasteiger partial charge on any atom is -0.367 e. The van der Waals surface area contributed by atoms with Gasteiger partial charge >= 0.3 is 0 Å². The summed E-state index contributed by atoms with van der Waals surface area (Å²) in [6.45, 7) is 3.37. The van der Waals surface area contributed by atoms with Gasteiger partial charge in [-0.05, 0) is 50.7 Å². The number of carbonyl (C=O) groups excluding carboxylic acids is 1. The summed E-state index contributed by atoms with van der Waals surface area (Å²) in [5, 5.41) is 2.89. The Morgan fingerprint density at radius 3 is 2.85 bits per heavy atom. The van der Waals surface area contributed by atoms with E-state index in [0.29, 0.717) is 11.9 Å². The lowest BCUT2D eigenvalue weighted by Crippen LogP contribution is -2.39. The average molecular weight is 273 g/mol. The maximum Gasteiger partial charge on any atom is 0.228 e. The van der Waals surface area contributed by atoms with Crippen molar-refractivity contribution in [3.8, 4) is 0 Å². The summed E-state index contributed by atoms with van der Waals surface area (Å²) >= 11 is 0. The van der Waals surface area contributed by atoms with E-state index < -0.39 is 0 Å². The van der Waals surface area contributed by atoms with Gasteiger partial charge in [-0.25, -0.2) is 4.98 Å². The van der Waals surface area contributed by atoms with Crippen LogP contribution in [0.1, 0.15) is 45.4 Å². The van der Waals surface area contributed by atoms with Crippen molar-refractivity contribution in [2.75, 3.05) is 16.8 Å². The molecule has 108 valence electrons. The van der Waals surface area contributed by atoms with Gasteiger partial charge in [-0.3, -0.25) is 4.79 Å². The molecule has 2 heterocycles. The highest BCUT2D eigenvalue weighted by Crippen LogP contribution is 2.30. The standard InChI is InChI=1S/C16H23N3O/c1-2-13-5-3-4-10-19(13)14-8-9-15(17-11-14)18-16(20)12-6-7-12/h8-9,11-13H,2-7,10H2,1H3,(H,17,18,20). The lowest BCUT2D eigenvalue weighted by atomic mass is 9.99. The lowest BCUT2D eigenvalue weighted by Gasteiger charge is -2.37. The number of carbonyl (C=O) groups is 1. The first kappa shape index (κ1) is 13.4. The first-order valence-electron chi connectivity index (χ1n) is 7.81. The Bertz CT molecular complexity index is 467. The number of pyridine rings is 1. The van der Waals surface area contributed by atoms with E-state index in [4.69, 9.17) is 0 Å². The summed E-state index contributed by atoms with van der Waals surface area (Å²) in [6.07, 6.45) is 8.99. The van der Waals surface area contributed by atoms with Gasteiger partial charge in [0.25, 0.3) is 0 Å². The predicted molar refractivity (Wildman–Crippen MR) is 80.9 cm³/mol. The Morgan fingerprint density at radius 1 is 1.35 bits per heavy atom. The largest absolute Gasteiger partial charge is 0.367 e. The van der Waals surface area contributed by atoms with E-state index in [1.165, 1.54) is 31.4 Å². The zero-order valence-corrected chi connectivity index (χ0v) is 12.1. The molecule has 1 amide bonds. The molecule has 1 unspecified atom stereocenters. The molecule has 0 spiro atoms. The molecule has 1 aliphatic heterocycles. The highest BCUT2D eigenvalue weighted by Gasteiger charge is 2.29. The summed E-state index contributed by atoms with van der Waals surface area (Å²) in [7, 11) is 0. The number of hydrogen-bond donors (Lipinski definition) is 1. The molecule has 1 saturated carbocycles. The molecule has 1 aromatic heterocycles. The SMILES string of the molecule is CCC1CCCCN1c1ccc(NC(=O)C2CC2)nc1. The Morgan fingerprint density at radius 2 is 2.20 bits per heavy atom. The van der Waals surface area contributed by atoms with Crippen LogP contribution in [0.5, 0.6) is 0 Å². The topological polar surface area (TPSA) is 45.2 Å². The fraction of sp³-hybridized carbons (Fsp3) is 0.625. The molecule has 1 saturated heterocycles. The quantitative estimate of drug-likeness (QED) is 0.916. The van der Waals surface area contributed by atoms with E-state index in [-0.39, 0.29) is 11.8 Å². The number of nitrogens with zero attached hydrogens (tertiary/aromatic N) is 2. The number of amides is 1. The minimum absolute atomic E-state index is 0.120. The molecule has 0 aromatic carbocycles. The number of nitrogens with one attached hydrogen (secondary N) is 1. The highest BCUT2D eigenvalue weighted by atomic mass is 16.2. The second-order valence-corrected chi connectivity index (χ2v) is 5.92. The Labute approximate surface area is 120 Å². The molecule has 0 radical (unpaired) electrons. The number of piperidine rings is 1. The van der Waals surface area contributed by atoms with Crippen molar-refractivity contribution in [1.29, 1.82) is 0 Å². The highest BCUT2D eigenvalue weighted by molar-refractivity contribution is 5.93. The van der Waals surface area contributed by atoms with Crippen molar-refractivity contribution >= 4 is 17.4 Å². The maximum atomic E-state index is 11.7. The Kier molecular flexibility index (Phi) is 3.90. The second-order valence-electron chi connectivity index (χ2n) is 5.92. The van der Waals surface area contributed by atoms with Crippen molar-refractivity contribution in [2.24, 2.45) is 5.92 Å². The first-order valence-corrected chi connectivity index (χ1v) is 7.81. The fourth-order valence-electron chi connectivity index (χ4n) is 2.97. The van der Waals surface area contributed by atoms with Gasteiger partial charge in [0.05, 0.1) is 11.9 Å². The molecule has 20 heavy (non-hydrogen) atoms.